The second kappa shape index (κ2) is 8.07. The summed E-state index contributed by atoms with van der Waals surface area (Å²) in [7, 11) is -3.54. The minimum atomic E-state index is -3.54. The van der Waals surface area contributed by atoms with Crippen molar-refractivity contribution >= 4 is 22.2 Å². The number of hydrogen-bond acceptors (Lipinski definition) is 6. The third kappa shape index (κ3) is 4.20. The highest BCUT2D eigenvalue weighted by molar-refractivity contribution is 7.89. The van der Waals surface area contributed by atoms with E-state index >= 15 is 0 Å². The fourth-order valence-corrected chi connectivity index (χ4v) is 4.54. The maximum atomic E-state index is 12.7. The number of rotatable bonds is 6. The Morgan fingerprint density at radius 1 is 1.07 bits per heavy atom. The van der Waals surface area contributed by atoms with Crippen molar-refractivity contribution in [1.29, 1.82) is 0 Å². The predicted octanol–water partition coefficient (Wildman–Crippen LogP) is 2.66. The van der Waals surface area contributed by atoms with Crippen LogP contribution in [0.2, 0.25) is 0 Å². The van der Waals surface area contributed by atoms with E-state index in [1.807, 2.05) is 36.4 Å². The molecule has 0 spiro atoms. The molecule has 1 aliphatic heterocycles. The van der Waals surface area contributed by atoms with E-state index in [1.165, 1.54) is 16.8 Å². The van der Waals surface area contributed by atoms with Gasteiger partial charge in [-0.05, 0) is 24.5 Å². The molecule has 0 radical (unpaired) electrons. The third-order valence-corrected chi connectivity index (χ3v) is 6.34. The summed E-state index contributed by atoms with van der Waals surface area (Å²) in [6.07, 6.45) is 9.47. The van der Waals surface area contributed by atoms with Crippen molar-refractivity contribution in [2.75, 3.05) is 13.1 Å². The Hall–Kier alpha value is -2.78. The van der Waals surface area contributed by atoms with E-state index < -0.39 is 10.0 Å². The van der Waals surface area contributed by atoms with Gasteiger partial charge in [0.2, 0.25) is 0 Å². The van der Waals surface area contributed by atoms with Crippen LogP contribution in [0, 0.1) is 0 Å². The first-order valence-corrected chi connectivity index (χ1v) is 10.6. The van der Waals surface area contributed by atoms with Crippen molar-refractivity contribution in [1.82, 2.24) is 24.0 Å². The number of hydrogen-bond donors (Lipinski definition) is 0. The van der Waals surface area contributed by atoms with E-state index in [4.69, 9.17) is 4.52 Å². The minimum absolute atomic E-state index is 0.0575. The molecule has 0 unspecified atom stereocenters. The molecule has 9 heteroatoms. The zero-order valence-corrected chi connectivity index (χ0v) is 16.1. The Morgan fingerprint density at radius 3 is 2.64 bits per heavy atom. The maximum Gasteiger partial charge on any atom is 0.262 e. The molecule has 1 aromatic carbocycles. The van der Waals surface area contributed by atoms with Crippen LogP contribution in [0.25, 0.3) is 12.2 Å². The van der Waals surface area contributed by atoms with Crippen LogP contribution in [0.1, 0.15) is 36.5 Å². The van der Waals surface area contributed by atoms with Gasteiger partial charge in [-0.3, -0.25) is 0 Å². The van der Waals surface area contributed by atoms with Crippen LogP contribution in [0.3, 0.4) is 0 Å². The summed E-state index contributed by atoms with van der Waals surface area (Å²) in [5, 5.41) is 4.00. The molecule has 1 saturated heterocycles. The summed E-state index contributed by atoms with van der Waals surface area (Å²) >= 11 is 0. The first-order chi connectivity index (χ1) is 13.6. The standard InChI is InChI=1S/C19H21N5O3S/c25-28(26,24-11-5-2-6-12-24)19-14-23(15-20-19)13-17-21-18(27-22-17)10-9-16-7-3-1-4-8-16/h1,3-4,7-10,14-15H,2,5-6,11-13H2/b10-9+. The number of piperidine rings is 1. The number of sulfonamides is 1. The maximum absolute atomic E-state index is 12.7. The van der Waals surface area contributed by atoms with E-state index in [0.29, 0.717) is 24.8 Å². The van der Waals surface area contributed by atoms with Crippen molar-refractivity contribution in [3.63, 3.8) is 0 Å². The van der Waals surface area contributed by atoms with Crippen molar-refractivity contribution in [3.05, 3.63) is 60.1 Å². The lowest BCUT2D eigenvalue weighted by molar-refractivity contribution is 0.345. The van der Waals surface area contributed by atoms with Gasteiger partial charge >= 0.3 is 0 Å². The van der Waals surface area contributed by atoms with Crippen molar-refractivity contribution in [2.24, 2.45) is 0 Å². The number of benzene rings is 1. The molecular formula is C19H21N5O3S. The molecule has 2 aromatic heterocycles. The van der Waals surface area contributed by atoms with Crippen LogP contribution in [0.5, 0.6) is 0 Å². The molecule has 0 bridgehead atoms. The van der Waals surface area contributed by atoms with Gasteiger partial charge in [-0.15, -0.1) is 0 Å². The Balaban J connectivity index is 1.43. The van der Waals surface area contributed by atoms with Crippen molar-refractivity contribution in [2.45, 2.75) is 30.8 Å². The lowest BCUT2D eigenvalue weighted by Gasteiger charge is -2.24. The summed E-state index contributed by atoms with van der Waals surface area (Å²) in [4.78, 5) is 8.38. The zero-order chi connectivity index (χ0) is 19.4. The summed E-state index contributed by atoms with van der Waals surface area (Å²) in [5.41, 5.74) is 1.03. The van der Waals surface area contributed by atoms with Crippen LogP contribution in [0.15, 0.2) is 52.4 Å². The lowest BCUT2D eigenvalue weighted by Crippen LogP contribution is -2.35. The Kier molecular flexibility index (Phi) is 5.36. The molecule has 0 amide bonds. The average molecular weight is 399 g/mol. The Labute approximate surface area is 163 Å². The number of aromatic nitrogens is 4. The summed E-state index contributed by atoms with van der Waals surface area (Å²) in [5.74, 6) is 0.840. The number of nitrogens with zero attached hydrogens (tertiary/aromatic N) is 5. The molecule has 0 saturated carbocycles. The van der Waals surface area contributed by atoms with Gasteiger partial charge in [0.25, 0.3) is 15.9 Å². The molecule has 28 heavy (non-hydrogen) atoms. The monoisotopic (exact) mass is 399 g/mol. The predicted molar refractivity (Wildman–Crippen MR) is 104 cm³/mol. The van der Waals surface area contributed by atoms with Gasteiger partial charge in [0.15, 0.2) is 10.9 Å². The Morgan fingerprint density at radius 2 is 1.86 bits per heavy atom. The van der Waals surface area contributed by atoms with Gasteiger partial charge in [0.05, 0.1) is 12.9 Å². The largest absolute Gasteiger partial charge is 0.335 e. The fraction of sp³-hybridized carbons (Fsp3) is 0.316. The first kappa shape index (κ1) is 18.6. The van der Waals surface area contributed by atoms with Gasteiger partial charge < -0.3 is 9.09 Å². The molecule has 1 aliphatic rings. The summed E-state index contributed by atoms with van der Waals surface area (Å²) in [6, 6.07) is 9.81. The minimum Gasteiger partial charge on any atom is -0.335 e. The molecule has 3 aromatic rings. The Bertz CT molecular complexity index is 1050. The highest BCUT2D eigenvalue weighted by atomic mass is 32.2. The highest BCUT2D eigenvalue weighted by Gasteiger charge is 2.28. The van der Waals surface area contributed by atoms with Crippen LogP contribution in [-0.2, 0) is 16.6 Å². The van der Waals surface area contributed by atoms with E-state index in [-0.39, 0.29) is 11.6 Å². The quantitative estimate of drug-likeness (QED) is 0.632. The SMILES string of the molecule is O=S(=O)(c1cn(Cc2noc(/C=C/c3ccccc3)n2)cn1)N1CCCCC1. The molecule has 0 atom stereocenters. The van der Waals surface area contributed by atoms with E-state index in [9.17, 15) is 8.42 Å². The zero-order valence-electron chi connectivity index (χ0n) is 15.3. The van der Waals surface area contributed by atoms with Crippen LogP contribution in [-0.4, -0.2) is 45.5 Å². The third-order valence-electron chi connectivity index (χ3n) is 4.55. The fourth-order valence-electron chi connectivity index (χ4n) is 3.09. The van der Waals surface area contributed by atoms with E-state index in [0.717, 1.165) is 24.8 Å². The molecule has 3 heterocycles. The van der Waals surface area contributed by atoms with Gasteiger partial charge in [-0.2, -0.15) is 9.29 Å². The van der Waals surface area contributed by atoms with Crippen LogP contribution in [0.4, 0.5) is 0 Å². The van der Waals surface area contributed by atoms with Crippen molar-refractivity contribution in [3.8, 4) is 0 Å². The molecule has 1 fully saturated rings. The first-order valence-electron chi connectivity index (χ1n) is 9.19. The van der Waals surface area contributed by atoms with Crippen LogP contribution < -0.4 is 0 Å². The number of imidazole rings is 1. The highest BCUT2D eigenvalue weighted by Crippen LogP contribution is 2.19. The van der Waals surface area contributed by atoms with Crippen LogP contribution >= 0.6 is 0 Å². The van der Waals surface area contributed by atoms with Gasteiger partial charge in [0.1, 0.15) is 0 Å². The summed E-state index contributed by atoms with van der Waals surface area (Å²) < 4.78 is 33.7. The molecule has 0 aliphatic carbocycles. The molecule has 4 rings (SSSR count). The van der Waals surface area contributed by atoms with E-state index in [1.54, 1.807) is 10.6 Å². The average Bonchev–Trinajstić information content (AvgIpc) is 3.38. The van der Waals surface area contributed by atoms with Crippen molar-refractivity contribution < 1.29 is 12.9 Å². The second-order valence-corrected chi connectivity index (χ2v) is 8.53. The normalized spacial score (nSPS) is 16.0. The topological polar surface area (TPSA) is 94.1 Å². The van der Waals surface area contributed by atoms with Gasteiger partial charge in [-0.25, -0.2) is 13.4 Å². The van der Waals surface area contributed by atoms with E-state index in [2.05, 4.69) is 15.1 Å². The molecule has 0 N–H and O–H groups in total. The molecule has 8 nitrogen and oxygen atoms in total. The van der Waals surface area contributed by atoms with Gasteiger partial charge in [-0.1, -0.05) is 41.9 Å². The lowest BCUT2D eigenvalue weighted by atomic mass is 10.2. The molecular weight excluding hydrogens is 378 g/mol. The molecule has 146 valence electrons. The summed E-state index contributed by atoms with van der Waals surface area (Å²) in [6.45, 7) is 1.39. The smallest absolute Gasteiger partial charge is 0.262 e. The second-order valence-electron chi connectivity index (χ2n) is 6.64. The van der Waals surface area contributed by atoms with Gasteiger partial charge in [0, 0.05) is 25.4 Å².